The molecule has 0 unspecified atom stereocenters. The third kappa shape index (κ3) is 2.28. The number of H-pyrrole nitrogens is 1. The number of aromatic nitrogens is 1. The quantitative estimate of drug-likeness (QED) is 0.705. The van der Waals surface area contributed by atoms with Gasteiger partial charge in [-0.3, -0.25) is 4.98 Å². The summed E-state index contributed by atoms with van der Waals surface area (Å²) in [6.45, 7) is 0. The molecule has 0 saturated heterocycles. The average Bonchev–Trinajstić information content (AvgIpc) is 2.72. The number of ether oxygens (including phenoxy) is 1. The molecule has 1 aromatic heterocycles. The predicted molar refractivity (Wildman–Crippen MR) is 72.8 cm³/mol. The van der Waals surface area contributed by atoms with Gasteiger partial charge in [-0.2, -0.15) is 0 Å². The lowest BCUT2D eigenvalue weighted by Gasteiger charge is -2.08. The van der Waals surface area contributed by atoms with Crippen molar-refractivity contribution < 1.29 is 9.15 Å². The molecular weight excluding hydrogens is 268 g/mol. The smallest absolute Gasteiger partial charge is 0.417 e. The Morgan fingerprint density at radius 1 is 1.21 bits per heavy atom. The number of rotatable bonds is 2. The third-order valence-electron chi connectivity index (χ3n) is 2.59. The van der Waals surface area contributed by atoms with Crippen LogP contribution in [-0.4, -0.2) is 4.98 Å². The lowest BCUT2D eigenvalue weighted by Crippen LogP contribution is -1.93. The van der Waals surface area contributed by atoms with Crippen molar-refractivity contribution in [1.82, 2.24) is 4.98 Å². The molecule has 2 aromatic carbocycles. The maximum Gasteiger partial charge on any atom is 0.417 e. The first-order valence-electron chi connectivity index (χ1n) is 5.47. The number of hydrogen-bond donors (Lipinski definition) is 2. The summed E-state index contributed by atoms with van der Waals surface area (Å²) in [6.07, 6.45) is 0. The van der Waals surface area contributed by atoms with Crippen molar-refractivity contribution in [2.24, 2.45) is 0 Å². The summed E-state index contributed by atoms with van der Waals surface area (Å²) < 4.78 is 10.5. The fourth-order valence-electron chi connectivity index (χ4n) is 1.73. The third-order valence-corrected chi connectivity index (χ3v) is 2.83. The van der Waals surface area contributed by atoms with Gasteiger partial charge in [-0.05, 0) is 30.3 Å². The maximum atomic E-state index is 11.1. The maximum absolute atomic E-state index is 11.1. The average molecular weight is 277 g/mol. The molecular formula is C13H9ClN2O3. The molecule has 0 aliphatic heterocycles. The minimum Gasteiger partial charge on any atom is -0.455 e. The van der Waals surface area contributed by atoms with Crippen LogP contribution in [0, 0.1) is 0 Å². The molecule has 0 atom stereocenters. The normalized spacial score (nSPS) is 10.8. The highest BCUT2D eigenvalue weighted by molar-refractivity contribution is 6.30. The SMILES string of the molecule is Nc1cc(Cl)ccc1Oc1ccc2oc(=O)[nH]c2c1. The van der Waals surface area contributed by atoms with Crippen LogP contribution in [0.15, 0.2) is 45.6 Å². The number of benzene rings is 2. The molecule has 96 valence electrons. The Morgan fingerprint density at radius 3 is 2.84 bits per heavy atom. The van der Waals surface area contributed by atoms with E-state index < -0.39 is 5.76 Å². The molecule has 0 aliphatic carbocycles. The fourth-order valence-corrected chi connectivity index (χ4v) is 1.91. The molecule has 0 fully saturated rings. The molecule has 3 N–H and O–H groups in total. The van der Waals surface area contributed by atoms with Gasteiger partial charge in [-0.25, -0.2) is 4.79 Å². The molecule has 0 amide bonds. The van der Waals surface area contributed by atoms with Crippen molar-refractivity contribution in [3.63, 3.8) is 0 Å². The number of oxazole rings is 1. The van der Waals surface area contributed by atoms with Crippen molar-refractivity contribution in [3.05, 3.63) is 52.0 Å². The number of nitrogen functional groups attached to an aromatic ring is 1. The Bertz CT molecular complexity index is 807. The van der Waals surface area contributed by atoms with Crippen LogP contribution in [0.25, 0.3) is 11.1 Å². The number of nitrogens with two attached hydrogens (primary N) is 1. The number of hydrogen-bond acceptors (Lipinski definition) is 4. The first-order chi connectivity index (χ1) is 9.11. The Hall–Kier alpha value is -2.40. The Balaban J connectivity index is 1.98. The highest BCUT2D eigenvalue weighted by atomic mass is 35.5. The second-order valence-electron chi connectivity index (χ2n) is 3.96. The van der Waals surface area contributed by atoms with Crippen LogP contribution < -0.4 is 16.2 Å². The number of halogens is 1. The summed E-state index contributed by atoms with van der Waals surface area (Å²) in [7, 11) is 0. The molecule has 0 radical (unpaired) electrons. The number of anilines is 1. The van der Waals surface area contributed by atoms with Gasteiger partial charge in [0.25, 0.3) is 0 Å². The van der Waals surface area contributed by atoms with Crippen LogP contribution in [0.1, 0.15) is 0 Å². The first-order valence-corrected chi connectivity index (χ1v) is 5.85. The van der Waals surface area contributed by atoms with E-state index in [9.17, 15) is 4.79 Å². The van der Waals surface area contributed by atoms with Gasteiger partial charge in [0.1, 0.15) is 11.5 Å². The zero-order chi connectivity index (χ0) is 13.4. The summed E-state index contributed by atoms with van der Waals surface area (Å²) in [5.41, 5.74) is 7.28. The predicted octanol–water partition coefficient (Wildman–Crippen LogP) is 3.15. The van der Waals surface area contributed by atoms with E-state index in [1.165, 1.54) is 0 Å². The van der Waals surface area contributed by atoms with E-state index in [0.29, 0.717) is 33.3 Å². The summed E-state index contributed by atoms with van der Waals surface area (Å²) in [6, 6.07) is 9.97. The molecule has 0 spiro atoms. The lowest BCUT2D eigenvalue weighted by atomic mass is 10.3. The van der Waals surface area contributed by atoms with Gasteiger partial charge < -0.3 is 14.9 Å². The second kappa shape index (κ2) is 4.37. The minimum absolute atomic E-state index is 0.438. The van der Waals surface area contributed by atoms with Crippen LogP contribution in [0.5, 0.6) is 11.5 Å². The van der Waals surface area contributed by atoms with Gasteiger partial charge in [-0.15, -0.1) is 0 Å². The highest BCUT2D eigenvalue weighted by Gasteiger charge is 2.06. The summed E-state index contributed by atoms with van der Waals surface area (Å²) >= 11 is 5.81. The van der Waals surface area contributed by atoms with Gasteiger partial charge in [0.15, 0.2) is 5.58 Å². The largest absolute Gasteiger partial charge is 0.455 e. The van der Waals surface area contributed by atoms with Crippen molar-refractivity contribution in [2.75, 3.05) is 5.73 Å². The van der Waals surface area contributed by atoms with Gasteiger partial charge in [0.2, 0.25) is 0 Å². The van der Waals surface area contributed by atoms with Crippen molar-refractivity contribution >= 4 is 28.4 Å². The van der Waals surface area contributed by atoms with Gasteiger partial charge in [0, 0.05) is 11.1 Å². The van der Waals surface area contributed by atoms with E-state index >= 15 is 0 Å². The monoisotopic (exact) mass is 276 g/mol. The number of nitrogens with one attached hydrogen (secondary N) is 1. The molecule has 3 rings (SSSR count). The van der Waals surface area contributed by atoms with E-state index in [2.05, 4.69) is 4.98 Å². The van der Waals surface area contributed by atoms with Crippen molar-refractivity contribution in [2.45, 2.75) is 0 Å². The van der Waals surface area contributed by atoms with Crippen LogP contribution in [0.4, 0.5) is 5.69 Å². The standard InChI is InChI=1S/C13H9ClN2O3/c14-7-1-3-11(9(15)5-7)18-8-2-4-12-10(6-8)16-13(17)19-12/h1-6H,15H2,(H,16,17). The number of aromatic amines is 1. The van der Waals surface area contributed by atoms with Crippen LogP contribution in [0.3, 0.4) is 0 Å². The van der Waals surface area contributed by atoms with E-state index in [-0.39, 0.29) is 0 Å². The molecule has 6 heteroatoms. The van der Waals surface area contributed by atoms with Crippen LogP contribution >= 0.6 is 11.6 Å². The highest BCUT2D eigenvalue weighted by Crippen LogP contribution is 2.30. The fraction of sp³-hybridized carbons (Fsp3) is 0. The lowest BCUT2D eigenvalue weighted by molar-refractivity contribution is 0.485. The molecule has 5 nitrogen and oxygen atoms in total. The summed E-state index contributed by atoms with van der Waals surface area (Å²) in [5, 5.41) is 0.541. The molecule has 0 bridgehead atoms. The summed E-state index contributed by atoms with van der Waals surface area (Å²) in [4.78, 5) is 13.6. The Morgan fingerprint density at radius 2 is 2.05 bits per heavy atom. The van der Waals surface area contributed by atoms with E-state index in [1.807, 2.05) is 0 Å². The van der Waals surface area contributed by atoms with E-state index in [4.69, 9.17) is 26.5 Å². The molecule has 0 saturated carbocycles. The number of fused-ring (bicyclic) bond motifs is 1. The van der Waals surface area contributed by atoms with Crippen LogP contribution in [0.2, 0.25) is 5.02 Å². The zero-order valence-electron chi connectivity index (χ0n) is 9.64. The van der Waals surface area contributed by atoms with Crippen molar-refractivity contribution in [3.8, 4) is 11.5 Å². The van der Waals surface area contributed by atoms with Gasteiger partial charge in [0.05, 0.1) is 11.2 Å². The Labute approximate surface area is 112 Å². The Kier molecular flexibility index (Phi) is 2.68. The van der Waals surface area contributed by atoms with E-state index in [1.54, 1.807) is 36.4 Å². The van der Waals surface area contributed by atoms with Crippen LogP contribution in [-0.2, 0) is 0 Å². The van der Waals surface area contributed by atoms with Gasteiger partial charge >= 0.3 is 5.76 Å². The van der Waals surface area contributed by atoms with Crippen molar-refractivity contribution in [1.29, 1.82) is 0 Å². The minimum atomic E-state index is -0.502. The topological polar surface area (TPSA) is 81.2 Å². The molecule has 0 aliphatic rings. The molecule has 19 heavy (non-hydrogen) atoms. The van der Waals surface area contributed by atoms with Gasteiger partial charge in [-0.1, -0.05) is 11.6 Å². The molecule has 3 aromatic rings. The second-order valence-corrected chi connectivity index (χ2v) is 4.39. The van der Waals surface area contributed by atoms with E-state index in [0.717, 1.165) is 0 Å². The first kappa shape index (κ1) is 11.7. The zero-order valence-corrected chi connectivity index (χ0v) is 10.4. The molecule has 1 heterocycles. The summed E-state index contributed by atoms with van der Waals surface area (Å²) in [5.74, 6) is 0.534.